The summed E-state index contributed by atoms with van der Waals surface area (Å²) in [4.78, 5) is 11.5. The molecule has 1 nitrogen and oxygen atoms in total. The van der Waals surface area contributed by atoms with Gasteiger partial charge in [0.05, 0.1) is 0 Å². The molecule has 0 N–H and O–H groups in total. The number of ketones is 1. The quantitative estimate of drug-likeness (QED) is 0.589. The number of rotatable bonds is 0. The molecule has 0 atom stereocenters. The number of carbonyl (C=O) groups is 1. The summed E-state index contributed by atoms with van der Waals surface area (Å²) in [7, 11) is 0. The average Bonchev–Trinajstić information content (AvgIpc) is 2.32. The molecule has 0 saturated carbocycles. The van der Waals surface area contributed by atoms with E-state index in [1.165, 1.54) is 18.6 Å². The molecular weight excluding hydrogens is 228 g/mol. The van der Waals surface area contributed by atoms with Crippen molar-refractivity contribution in [3.63, 3.8) is 0 Å². The first-order valence-corrected chi connectivity index (χ1v) is 7.94. The minimum atomic E-state index is 0.450. The first-order chi connectivity index (χ1) is 8.39. The van der Waals surface area contributed by atoms with Gasteiger partial charge < -0.3 is 0 Å². The van der Waals surface area contributed by atoms with E-state index in [9.17, 15) is 4.79 Å². The lowest BCUT2D eigenvalue weighted by atomic mass is 10.1. The summed E-state index contributed by atoms with van der Waals surface area (Å²) in [5.74, 6) is 2.83. The molecule has 17 heavy (non-hydrogen) atoms. The van der Waals surface area contributed by atoms with Crippen LogP contribution in [0.4, 0.5) is 0 Å². The lowest BCUT2D eigenvalue weighted by Gasteiger charge is -2.01. The molecule has 1 aliphatic heterocycles. The predicted octanol–water partition coefficient (Wildman–Crippen LogP) is 4.54. The minimum absolute atomic E-state index is 0.450. The number of carbonyl (C=O) groups excluding carboxylic acids is 1. The van der Waals surface area contributed by atoms with Crippen molar-refractivity contribution in [2.75, 3.05) is 11.5 Å². The monoisotopic (exact) mass is 252 g/mol. The zero-order valence-corrected chi connectivity index (χ0v) is 11.5. The van der Waals surface area contributed by atoms with Crippen LogP contribution < -0.4 is 0 Å². The van der Waals surface area contributed by atoms with E-state index in [1.54, 1.807) is 0 Å². The molecule has 0 spiro atoms. The topological polar surface area (TPSA) is 17.1 Å². The first kappa shape index (κ1) is 14.6. The van der Waals surface area contributed by atoms with Crippen LogP contribution in [0.15, 0.2) is 24.3 Å². The highest BCUT2D eigenvalue weighted by Gasteiger charge is 2.01. The van der Waals surface area contributed by atoms with E-state index in [0.717, 1.165) is 44.3 Å². The number of hydrogen-bond acceptors (Lipinski definition) is 2. The molecule has 1 rings (SSSR count). The van der Waals surface area contributed by atoms with Crippen LogP contribution in [0.2, 0.25) is 0 Å². The van der Waals surface area contributed by atoms with Gasteiger partial charge in [0.15, 0.2) is 0 Å². The third kappa shape index (κ3) is 9.22. The second-order valence-electron chi connectivity index (χ2n) is 4.47. The molecule has 0 aromatic rings. The SMILES string of the molecule is O=C1CCCC=CCC=CCCCSCCC1. The van der Waals surface area contributed by atoms with Crippen molar-refractivity contribution >= 4 is 17.5 Å². The third-order valence-electron chi connectivity index (χ3n) is 2.84. The maximum atomic E-state index is 11.5. The summed E-state index contributed by atoms with van der Waals surface area (Å²) in [5.41, 5.74) is 0. The van der Waals surface area contributed by atoms with E-state index in [1.807, 2.05) is 11.8 Å². The van der Waals surface area contributed by atoms with Gasteiger partial charge in [-0.1, -0.05) is 24.3 Å². The molecule has 0 amide bonds. The Morgan fingerprint density at radius 3 is 2.29 bits per heavy atom. The van der Waals surface area contributed by atoms with E-state index >= 15 is 0 Å². The van der Waals surface area contributed by atoms with Crippen molar-refractivity contribution in [2.45, 2.75) is 51.4 Å². The fourth-order valence-corrected chi connectivity index (χ4v) is 2.75. The Bertz CT molecular complexity index is 256. The predicted molar refractivity (Wildman–Crippen MR) is 77.5 cm³/mol. The summed E-state index contributed by atoms with van der Waals surface area (Å²) < 4.78 is 0. The summed E-state index contributed by atoms with van der Waals surface area (Å²) in [6.45, 7) is 0. The molecule has 96 valence electrons. The molecule has 0 aliphatic carbocycles. The van der Waals surface area contributed by atoms with Crippen LogP contribution in [0.25, 0.3) is 0 Å². The highest BCUT2D eigenvalue weighted by atomic mass is 32.2. The zero-order valence-electron chi connectivity index (χ0n) is 10.7. The number of Topliss-reactive ketones (excluding diaryl/α,β-unsaturated/α-hetero) is 1. The summed E-state index contributed by atoms with van der Waals surface area (Å²) in [6, 6.07) is 0. The van der Waals surface area contributed by atoms with Gasteiger partial charge in [0.1, 0.15) is 5.78 Å². The van der Waals surface area contributed by atoms with Gasteiger partial charge >= 0.3 is 0 Å². The van der Waals surface area contributed by atoms with Crippen molar-refractivity contribution < 1.29 is 4.79 Å². The van der Waals surface area contributed by atoms with E-state index in [-0.39, 0.29) is 0 Å². The van der Waals surface area contributed by atoms with Gasteiger partial charge in [0.25, 0.3) is 0 Å². The number of allylic oxidation sites excluding steroid dienone is 4. The molecule has 2 heteroatoms. The highest BCUT2D eigenvalue weighted by molar-refractivity contribution is 7.99. The largest absolute Gasteiger partial charge is 0.300 e. The summed E-state index contributed by atoms with van der Waals surface area (Å²) in [6.07, 6.45) is 17.1. The molecule has 0 saturated heterocycles. The number of hydrogen-bond donors (Lipinski definition) is 0. The van der Waals surface area contributed by atoms with Gasteiger partial charge in [-0.25, -0.2) is 0 Å². The molecule has 0 fully saturated rings. The van der Waals surface area contributed by atoms with Gasteiger partial charge in [-0.2, -0.15) is 11.8 Å². The third-order valence-corrected chi connectivity index (χ3v) is 3.99. The molecule has 1 aliphatic rings. The van der Waals surface area contributed by atoms with Crippen molar-refractivity contribution in [1.82, 2.24) is 0 Å². The summed E-state index contributed by atoms with van der Waals surface area (Å²) >= 11 is 1.99. The molecule has 0 bridgehead atoms. The van der Waals surface area contributed by atoms with Gasteiger partial charge in [-0.05, 0) is 50.0 Å². The van der Waals surface area contributed by atoms with Crippen LogP contribution in [0.5, 0.6) is 0 Å². The van der Waals surface area contributed by atoms with Crippen LogP contribution in [0.3, 0.4) is 0 Å². The number of thioether (sulfide) groups is 1. The van der Waals surface area contributed by atoms with Crippen LogP contribution >= 0.6 is 11.8 Å². The van der Waals surface area contributed by atoms with Crippen molar-refractivity contribution in [2.24, 2.45) is 0 Å². The second-order valence-corrected chi connectivity index (χ2v) is 5.69. The van der Waals surface area contributed by atoms with Gasteiger partial charge in [0.2, 0.25) is 0 Å². The Morgan fingerprint density at radius 2 is 1.47 bits per heavy atom. The smallest absolute Gasteiger partial charge is 0.132 e. The van der Waals surface area contributed by atoms with Crippen molar-refractivity contribution in [3.05, 3.63) is 24.3 Å². The van der Waals surface area contributed by atoms with Crippen molar-refractivity contribution in [3.8, 4) is 0 Å². The molecular formula is C15H24OS. The van der Waals surface area contributed by atoms with Gasteiger partial charge in [-0.15, -0.1) is 0 Å². The van der Waals surface area contributed by atoms with Crippen LogP contribution in [0.1, 0.15) is 51.4 Å². The fourth-order valence-electron chi connectivity index (χ4n) is 1.83. The van der Waals surface area contributed by atoms with E-state index < -0.39 is 0 Å². The normalized spacial score (nSPS) is 21.5. The van der Waals surface area contributed by atoms with E-state index in [4.69, 9.17) is 0 Å². The molecule has 0 radical (unpaired) electrons. The lowest BCUT2D eigenvalue weighted by Crippen LogP contribution is -1.98. The van der Waals surface area contributed by atoms with E-state index in [2.05, 4.69) is 24.3 Å². The maximum absolute atomic E-state index is 11.5. The Kier molecular flexibility index (Phi) is 9.11. The minimum Gasteiger partial charge on any atom is -0.300 e. The van der Waals surface area contributed by atoms with Gasteiger partial charge in [-0.3, -0.25) is 4.79 Å². The standard InChI is InChI=1S/C15H24OS/c16-15-11-8-6-4-2-1-3-5-7-9-13-17-14-10-12-15/h2-5H,1,6-14H2. The van der Waals surface area contributed by atoms with Crippen LogP contribution in [-0.2, 0) is 4.79 Å². The Balaban J connectivity index is 2.25. The zero-order chi connectivity index (χ0) is 12.2. The van der Waals surface area contributed by atoms with Gasteiger partial charge in [0, 0.05) is 12.8 Å². The van der Waals surface area contributed by atoms with Crippen molar-refractivity contribution in [1.29, 1.82) is 0 Å². The highest BCUT2D eigenvalue weighted by Crippen LogP contribution is 2.10. The molecule has 0 aromatic carbocycles. The second kappa shape index (κ2) is 10.6. The fraction of sp³-hybridized carbons (Fsp3) is 0.667. The Labute approximate surface area is 110 Å². The summed E-state index contributed by atoms with van der Waals surface area (Å²) in [5, 5.41) is 0. The molecule has 0 unspecified atom stereocenters. The van der Waals surface area contributed by atoms with E-state index in [0.29, 0.717) is 5.78 Å². The molecule has 0 aromatic heterocycles. The van der Waals surface area contributed by atoms with Crippen LogP contribution in [-0.4, -0.2) is 17.3 Å². The van der Waals surface area contributed by atoms with Crippen LogP contribution in [0, 0.1) is 0 Å². The first-order valence-electron chi connectivity index (χ1n) is 6.79. The Morgan fingerprint density at radius 1 is 0.824 bits per heavy atom. The maximum Gasteiger partial charge on any atom is 0.132 e. The Hall–Kier alpha value is -0.500. The molecule has 1 heterocycles. The lowest BCUT2D eigenvalue weighted by molar-refractivity contribution is -0.119. The average molecular weight is 252 g/mol.